The highest BCUT2D eigenvalue weighted by atomic mass is 79.9. The molecular formula is C23H33BrN2O2. The Morgan fingerprint density at radius 2 is 1.50 bits per heavy atom. The number of aromatic nitrogens is 1. The highest BCUT2D eigenvalue weighted by molar-refractivity contribution is 5.76. The van der Waals surface area contributed by atoms with E-state index in [1.54, 1.807) is 0 Å². The molecule has 28 heavy (non-hydrogen) atoms. The lowest BCUT2D eigenvalue weighted by atomic mass is 10.0. The predicted molar refractivity (Wildman–Crippen MR) is 108 cm³/mol. The van der Waals surface area contributed by atoms with Crippen LogP contribution in [0.15, 0.2) is 60.9 Å². The number of rotatable bonds is 12. The molecule has 0 aliphatic carbocycles. The molecule has 2 rings (SSSR count). The molecule has 0 aliphatic heterocycles. The molecule has 5 heteroatoms. The smallest absolute Gasteiger partial charge is 0.220 e. The number of hydrogen-bond acceptors (Lipinski definition) is 2. The van der Waals surface area contributed by atoms with E-state index >= 15 is 0 Å². The van der Waals surface area contributed by atoms with Crippen LogP contribution in [0.25, 0.3) is 0 Å². The van der Waals surface area contributed by atoms with Gasteiger partial charge in [0.2, 0.25) is 5.91 Å². The number of amides is 1. The Morgan fingerprint density at radius 1 is 0.929 bits per heavy atom. The van der Waals surface area contributed by atoms with Crippen molar-refractivity contribution in [3.05, 3.63) is 66.5 Å². The number of halogens is 1. The first kappa shape index (κ1) is 24.3. The van der Waals surface area contributed by atoms with Gasteiger partial charge in [0.15, 0.2) is 12.4 Å². The molecule has 1 aromatic heterocycles. The third-order valence-corrected chi connectivity index (χ3v) is 4.85. The maximum atomic E-state index is 12.1. The summed E-state index contributed by atoms with van der Waals surface area (Å²) in [4.78, 5) is 12.1. The van der Waals surface area contributed by atoms with Gasteiger partial charge in [-0.25, -0.2) is 4.57 Å². The molecule has 154 valence electrons. The first-order valence-electron chi connectivity index (χ1n) is 10.1. The second kappa shape index (κ2) is 14.3. The number of aryl methyl sites for hydroxylation is 1. The first-order chi connectivity index (χ1) is 13.2. The van der Waals surface area contributed by atoms with E-state index in [1.807, 2.05) is 43.3 Å². The summed E-state index contributed by atoms with van der Waals surface area (Å²) in [6, 6.07) is 15.3. The third kappa shape index (κ3) is 9.47. The van der Waals surface area contributed by atoms with Gasteiger partial charge >= 0.3 is 0 Å². The molecule has 0 unspecified atom stereocenters. The van der Waals surface area contributed by atoms with Crippen LogP contribution < -0.4 is 26.9 Å². The van der Waals surface area contributed by atoms with Crippen LogP contribution in [-0.4, -0.2) is 17.1 Å². The minimum Gasteiger partial charge on any atom is -1.00 e. The van der Waals surface area contributed by atoms with Gasteiger partial charge in [0.05, 0.1) is 12.1 Å². The molecular weight excluding hydrogens is 416 g/mol. The number of aliphatic hydroxyl groups is 1. The molecule has 0 aliphatic rings. The van der Waals surface area contributed by atoms with Crippen molar-refractivity contribution in [1.29, 1.82) is 0 Å². The second-order valence-electron chi connectivity index (χ2n) is 7.20. The topological polar surface area (TPSA) is 53.2 Å². The van der Waals surface area contributed by atoms with Gasteiger partial charge in [0.25, 0.3) is 0 Å². The molecule has 0 saturated heterocycles. The number of carbonyl (C=O) groups is 1. The van der Waals surface area contributed by atoms with Gasteiger partial charge in [0.1, 0.15) is 6.54 Å². The van der Waals surface area contributed by atoms with E-state index in [0.29, 0.717) is 6.42 Å². The summed E-state index contributed by atoms with van der Waals surface area (Å²) in [5.41, 5.74) is 0.832. The second-order valence-corrected chi connectivity index (χ2v) is 7.20. The van der Waals surface area contributed by atoms with E-state index in [4.69, 9.17) is 0 Å². The number of carbonyl (C=O) groups excluding carboxylic acids is 1. The number of pyridine rings is 1. The van der Waals surface area contributed by atoms with Crippen LogP contribution in [0, 0.1) is 0 Å². The van der Waals surface area contributed by atoms with Crippen molar-refractivity contribution in [2.24, 2.45) is 0 Å². The van der Waals surface area contributed by atoms with Gasteiger partial charge in [-0.15, -0.1) is 0 Å². The Labute approximate surface area is 179 Å². The summed E-state index contributed by atoms with van der Waals surface area (Å²) < 4.78 is 2.22. The van der Waals surface area contributed by atoms with Crippen LogP contribution in [0.4, 0.5) is 0 Å². The normalized spacial score (nSPS) is 12.6. The minimum atomic E-state index is -0.669. The number of unbranched alkanes of at least 4 members (excludes halogenated alkanes) is 5. The molecule has 2 aromatic rings. The fourth-order valence-electron chi connectivity index (χ4n) is 3.21. The van der Waals surface area contributed by atoms with E-state index in [1.165, 1.54) is 25.7 Å². The Bertz CT molecular complexity index is 652. The summed E-state index contributed by atoms with van der Waals surface area (Å²) in [6.07, 6.45) is 10.9. The Morgan fingerprint density at radius 3 is 2.18 bits per heavy atom. The van der Waals surface area contributed by atoms with Crippen molar-refractivity contribution in [1.82, 2.24) is 5.32 Å². The van der Waals surface area contributed by atoms with Crippen LogP contribution in [0.2, 0.25) is 0 Å². The van der Waals surface area contributed by atoms with Crippen molar-refractivity contribution in [3.8, 4) is 0 Å². The van der Waals surface area contributed by atoms with E-state index in [0.717, 1.165) is 24.9 Å². The van der Waals surface area contributed by atoms with E-state index in [9.17, 15) is 9.90 Å². The molecule has 1 heterocycles. The molecule has 0 bridgehead atoms. The number of nitrogens with one attached hydrogen (secondary N) is 1. The fraction of sp³-hybridized carbons (Fsp3) is 0.478. The monoisotopic (exact) mass is 448 g/mol. The number of benzene rings is 1. The molecule has 0 radical (unpaired) electrons. The van der Waals surface area contributed by atoms with Gasteiger partial charge in [-0.05, 0) is 25.3 Å². The number of nitrogens with zero attached hydrogens (tertiary/aromatic N) is 1. The van der Waals surface area contributed by atoms with Crippen LogP contribution >= 0.6 is 0 Å². The van der Waals surface area contributed by atoms with Gasteiger partial charge in [-0.3, -0.25) is 4.79 Å². The van der Waals surface area contributed by atoms with E-state index in [2.05, 4.69) is 34.4 Å². The SMILES string of the molecule is C[C@@H](NC(=O)CCCCCCCC[n+]1ccccc1)[C@@H](O)c1ccccc1.[Br-]. The number of aliphatic hydroxyl groups excluding tert-OH is 1. The molecule has 0 fully saturated rings. The van der Waals surface area contributed by atoms with Crippen molar-refractivity contribution in [2.75, 3.05) is 0 Å². The summed E-state index contributed by atoms with van der Waals surface area (Å²) in [5, 5.41) is 13.2. The van der Waals surface area contributed by atoms with E-state index in [-0.39, 0.29) is 28.9 Å². The number of hydrogen-bond donors (Lipinski definition) is 2. The molecule has 1 amide bonds. The van der Waals surface area contributed by atoms with Gasteiger partial charge in [0, 0.05) is 25.0 Å². The van der Waals surface area contributed by atoms with Gasteiger partial charge in [-0.2, -0.15) is 0 Å². The Hall–Kier alpha value is -1.72. The average molecular weight is 449 g/mol. The Balaban J connectivity index is 0.00000392. The molecule has 0 spiro atoms. The molecule has 2 N–H and O–H groups in total. The standard InChI is InChI=1S/C23H32N2O2.BrH/c1-20(23(27)21-14-8-6-9-15-21)24-22(26)16-10-4-2-3-5-11-17-25-18-12-7-13-19-25;/h6-9,12-15,18-20,23,27H,2-5,10-11,16-17H2,1H3;1H/t20-,23-;/m1./s1. The largest absolute Gasteiger partial charge is 1.00 e. The third-order valence-electron chi connectivity index (χ3n) is 4.85. The van der Waals surface area contributed by atoms with Crippen molar-refractivity contribution < 1.29 is 31.4 Å². The highest BCUT2D eigenvalue weighted by Crippen LogP contribution is 2.16. The lowest BCUT2D eigenvalue weighted by Crippen LogP contribution is -3.00. The zero-order valence-corrected chi connectivity index (χ0v) is 18.4. The van der Waals surface area contributed by atoms with Crippen molar-refractivity contribution >= 4 is 5.91 Å². The summed E-state index contributed by atoms with van der Waals surface area (Å²) in [6.45, 7) is 2.92. The fourth-order valence-corrected chi connectivity index (χ4v) is 3.21. The summed E-state index contributed by atoms with van der Waals surface area (Å²) in [5.74, 6) is 0.0259. The van der Waals surface area contributed by atoms with Crippen molar-refractivity contribution in [2.45, 2.75) is 70.6 Å². The summed E-state index contributed by atoms with van der Waals surface area (Å²) in [7, 11) is 0. The summed E-state index contributed by atoms with van der Waals surface area (Å²) >= 11 is 0. The van der Waals surface area contributed by atoms with Gasteiger partial charge in [-0.1, -0.05) is 55.7 Å². The molecule has 2 atom stereocenters. The first-order valence-corrected chi connectivity index (χ1v) is 10.1. The van der Waals surface area contributed by atoms with Crippen LogP contribution in [-0.2, 0) is 11.3 Å². The maximum absolute atomic E-state index is 12.1. The van der Waals surface area contributed by atoms with Crippen LogP contribution in [0.5, 0.6) is 0 Å². The average Bonchev–Trinajstić information content (AvgIpc) is 2.70. The quantitative estimate of drug-likeness (QED) is 0.375. The predicted octanol–water partition coefficient (Wildman–Crippen LogP) is 0.947. The van der Waals surface area contributed by atoms with Crippen LogP contribution in [0.3, 0.4) is 0 Å². The van der Waals surface area contributed by atoms with Gasteiger partial charge < -0.3 is 27.4 Å². The lowest BCUT2D eigenvalue weighted by molar-refractivity contribution is -0.697. The Kier molecular flexibility index (Phi) is 12.4. The maximum Gasteiger partial charge on any atom is 0.220 e. The minimum absolute atomic E-state index is 0. The van der Waals surface area contributed by atoms with E-state index < -0.39 is 6.10 Å². The zero-order valence-electron chi connectivity index (χ0n) is 16.8. The molecule has 0 saturated carbocycles. The lowest BCUT2D eigenvalue weighted by Gasteiger charge is -2.20. The van der Waals surface area contributed by atoms with Crippen LogP contribution in [0.1, 0.15) is 63.5 Å². The van der Waals surface area contributed by atoms with Crippen molar-refractivity contribution in [3.63, 3.8) is 0 Å². The zero-order chi connectivity index (χ0) is 19.3. The highest BCUT2D eigenvalue weighted by Gasteiger charge is 2.17. The molecule has 1 aromatic carbocycles. The molecule has 4 nitrogen and oxygen atoms in total.